The van der Waals surface area contributed by atoms with Gasteiger partial charge in [-0.1, -0.05) is 0 Å². The van der Waals surface area contributed by atoms with Crippen molar-refractivity contribution in [3.63, 3.8) is 0 Å². The minimum Gasteiger partial charge on any atom is -0.492 e. The van der Waals surface area contributed by atoms with Gasteiger partial charge in [-0.3, -0.25) is 9.69 Å². The summed E-state index contributed by atoms with van der Waals surface area (Å²) in [6, 6.07) is 10.3. The van der Waals surface area contributed by atoms with E-state index in [1.807, 2.05) is 29.0 Å². The number of carbonyl (C=O) groups is 1. The highest BCUT2D eigenvalue weighted by Crippen LogP contribution is 2.25. The molecule has 14 heteroatoms. The number of piperazine rings is 1. The highest BCUT2D eigenvalue weighted by Gasteiger charge is 2.21. The van der Waals surface area contributed by atoms with Crippen LogP contribution in [0.5, 0.6) is 5.75 Å². The van der Waals surface area contributed by atoms with Gasteiger partial charge in [0.05, 0.1) is 18.5 Å². The molecule has 3 aromatic heterocycles. The van der Waals surface area contributed by atoms with Crippen LogP contribution in [0.3, 0.4) is 0 Å². The number of hydrogen-bond donors (Lipinski definition) is 3. The van der Waals surface area contributed by atoms with Crippen LogP contribution in [0, 0.1) is 5.82 Å². The number of likely N-dealkylation sites (N-methyl/N-ethyl adjacent to an activating group) is 1. The predicted molar refractivity (Wildman–Crippen MR) is 149 cm³/mol. The van der Waals surface area contributed by atoms with Gasteiger partial charge in [0.2, 0.25) is 17.8 Å². The van der Waals surface area contributed by atoms with E-state index in [4.69, 9.17) is 20.6 Å². The van der Waals surface area contributed by atoms with Crippen molar-refractivity contribution >= 4 is 29.1 Å². The number of nitrogens with zero attached hydrogens (tertiary/aromatic N) is 7. The quantitative estimate of drug-likeness (QED) is 0.214. The van der Waals surface area contributed by atoms with Crippen LogP contribution in [-0.4, -0.2) is 96.4 Å². The number of furan rings is 1. The number of nitrogen functional groups attached to an aromatic ring is 1. The molecule has 40 heavy (non-hydrogen) atoms. The average Bonchev–Trinajstić information content (AvgIpc) is 3.62. The van der Waals surface area contributed by atoms with Crippen molar-refractivity contribution in [2.75, 3.05) is 81.5 Å². The fraction of sp³-hybridized carbons (Fsp3) is 0.385. The van der Waals surface area contributed by atoms with Crippen LogP contribution in [-0.2, 0) is 4.79 Å². The Kier molecular flexibility index (Phi) is 8.26. The zero-order chi connectivity index (χ0) is 28.1. The third-order valence-electron chi connectivity index (χ3n) is 6.68. The van der Waals surface area contributed by atoms with Crippen molar-refractivity contribution in [1.82, 2.24) is 29.8 Å². The van der Waals surface area contributed by atoms with Gasteiger partial charge in [0.15, 0.2) is 11.4 Å². The van der Waals surface area contributed by atoms with Gasteiger partial charge in [-0.15, -0.1) is 0 Å². The molecular weight excluding hydrogens is 519 g/mol. The number of hydrogen-bond acceptors (Lipinski definition) is 11. The summed E-state index contributed by atoms with van der Waals surface area (Å²) < 4.78 is 27.3. The molecule has 4 aromatic rings. The molecule has 0 spiro atoms. The minimum absolute atomic E-state index is 0.0799. The SMILES string of the molecule is CN(CCN1CCN(c2ccc(OCCNCC(N)=O)cc2F)CC1)c1nc(N)n2nc(-c3ccco3)cc2n1. The Balaban J connectivity index is 1.10. The molecule has 1 amide bonds. The molecule has 0 radical (unpaired) electrons. The van der Waals surface area contributed by atoms with Gasteiger partial charge in [0, 0.05) is 65.0 Å². The normalized spacial score (nSPS) is 14.1. The number of benzene rings is 1. The Morgan fingerprint density at radius 2 is 2.02 bits per heavy atom. The van der Waals surface area contributed by atoms with E-state index in [9.17, 15) is 9.18 Å². The van der Waals surface area contributed by atoms with Crippen LogP contribution in [0.15, 0.2) is 47.1 Å². The number of nitrogens with two attached hydrogens (primary N) is 2. The van der Waals surface area contributed by atoms with Crippen LogP contribution in [0.2, 0.25) is 0 Å². The molecule has 0 saturated carbocycles. The number of halogens is 1. The summed E-state index contributed by atoms with van der Waals surface area (Å²) in [5.41, 5.74) is 13.0. The van der Waals surface area contributed by atoms with E-state index in [0.29, 0.717) is 67.3 Å². The Bertz CT molecular complexity index is 1440. The van der Waals surface area contributed by atoms with Crippen LogP contribution < -0.4 is 31.3 Å². The highest BCUT2D eigenvalue weighted by molar-refractivity contribution is 5.75. The largest absolute Gasteiger partial charge is 0.492 e. The molecule has 13 nitrogen and oxygen atoms in total. The van der Waals surface area contributed by atoms with Crippen molar-refractivity contribution in [2.24, 2.45) is 5.73 Å². The fourth-order valence-corrected chi connectivity index (χ4v) is 4.50. The second kappa shape index (κ2) is 12.2. The third-order valence-corrected chi connectivity index (χ3v) is 6.68. The first kappa shape index (κ1) is 27.1. The van der Waals surface area contributed by atoms with Gasteiger partial charge in [-0.25, -0.2) is 4.39 Å². The van der Waals surface area contributed by atoms with Crippen molar-refractivity contribution in [1.29, 1.82) is 0 Å². The van der Waals surface area contributed by atoms with Crippen LogP contribution in [0.1, 0.15) is 0 Å². The second-order valence-corrected chi connectivity index (χ2v) is 9.51. The molecule has 1 saturated heterocycles. The number of primary amides is 1. The van der Waals surface area contributed by atoms with Crippen LogP contribution in [0.25, 0.3) is 17.1 Å². The lowest BCUT2D eigenvalue weighted by atomic mass is 10.2. The monoisotopic (exact) mass is 552 g/mol. The molecule has 212 valence electrons. The molecule has 1 aromatic carbocycles. The summed E-state index contributed by atoms with van der Waals surface area (Å²) in [5, 5.41) is 7.28. The smallest absolute Gasteiger partial charge is 0.231 e. The van der Waals surface area contributed by atoms with Crippen molar-refractivity contribution in [3.05, 3.63) is 48.5 Å². The first-order valence-corrected chi connectivity index (χ1v) is 13.0. The van der Waals surface area contributed by atoms with E-state index in [2.05, 4.69) is 25.3 Å². The summed E-state index contributed by atoms with van der Waals surface area (Å²) in [4.78, 5) is 26.1. The van der Waals surface area contributed by atoms with E-state index in [1.165, 1.54) is 10.6 Å². The number of nitrogens with one attached hydrogen (secondary N) is 1. The number of amides is 1. The van der Waals surface area contributed by atoms with E-state index in [1.54, 1.807) is 24.5 Å². The molecule has 1 aliphatic rings. The number of aromatic nitrogens is 4. The van der Waals surface area contributed by atoms with Crippen molar-refractivity contribution in [3.8, 4) is 17.2 Å². The third kappa shape index (κ3) is 6.40. The molecule has 0 atom stereocenters. The summed E-state index contributed by atoms with van der Waals surface area (Å²) in [7, 11) is 1.93. The van der Waals surface area contributed by atoms with Gasteiger partial charge < -0.3 is 35.7 Å². The standard InChI is InChI=1S/C26H33FN10O3/c1-34(26-31-24-16-20(22-3-2-13-40-22)33-37(24)25(29)32-26)7-8-35-9-11-36(12-10-35)21-5-4-18(15-19(21)27)39-14-6-30-17-23(28)38/h2-5,13,15-16,30H,6-12,14,17H2,1H3,(H2,28,38)(H2,29,31,32). The molecule has 0 bridgehead atoms. The maximum absolute atomic E-state index is 14.8. The van der Waals surface area contributed by atoms with Crippen molar-refractivity contribution < 1.29 is 18.3 Å². The lowest BCUT2D eigenvalue weighted by molar-refractivity contribution is -0.117. The summed E-state index contributed by atoms with van der Waals surface area (Å²) in [6.07, 6.45) is 1.59. The Morgan fingerprint density at radius 3 is 2.75 bits per heavy atom. The Labute approximate surface area is 230 Å². The Morgan fingerprint density at radius 1 is 1.20 bits per heavy atom. The summed E-state index contributed by atoms with van der Waals surface area (Å²) >= 11 is 0. The van der Waals surface area contributed by atoms with Crippen molar-refractivity contribution in [2.45, 2.75) is 0 Å². The first-order valence-electron chi connectivity index (χ1n) is 13.0. The molecular formula is C26H33FN10O3. The van der Waals surface area contributed by atoms with Crippen LogP contribution >= 0.6 is 0 Å². The molecule has 1 fully saturated rings. The van der Waals surface area contributed by atoms with Crippen LogP contribution in [0.4, 0.5) is 22.0 Å². The number of ether oxygens (including phenoxy) is 1. The molecule has 0 aliphatic carbocycles. The van der Waals surface area contributed by atoms with E-state index >= 15 is 0 Å². The lowest BCUT2D eigenvalue weighted by Crippen LogP contribution is -2.48. The zero-order valence-electron chi connectivity index (χ0n) is 22.3. The molecule has 1 aliphatic heterocycles. The van der Waals surface area contributed by atoms with Gasteiger partial charge in [-0.2, -0.15) is 19.6 Å². The molecule has 5 rings (SSSR count). The molecule has 4 heterocycles. The average molecular weight is 553 g/mol. The lowest BCUT2D eigenvalue weighted by Gasteiger charge is -2.36. The first-order chi connectivity index (χ1) is 19.4. The summed E-state index contributed by atoms with van der Waals surface area (Å²) in [5.74, 6) is 1.08. The molecule has 0 unspecified atom stereocenters. The maximum atomic E-state index is 14.8. The van der Waals surface area contributed by atoms with Gasteiger partial charge in [0.25, 0.3) is 0 Å². The van der Waals surface area contributed by atoms with E-state index < -0.39 is 5.91 Å². The predicted octanol–water partition coefficient (Wildman–Crippen LogP) is 0.818. The minimum atomic E-state index is -0.435. The number of anilines is 3. The zero-order valence-corrected chi connectivity index (χ0v) is 22.3. The summed E-state index contributed by atoms with van der Waals surface area (Å²) in [6.45, 7) is 5.34. The highest BCUT2D eigenvalue weighted by atomic mass is 19.1. The number of fused-ring (bicyclic) bond motifs is 1. The number of carbonyl (C=O) groups excluding carboxylic acids is 1. The Hall–Kier alpha value is -4.43. The van der Waals surface area contributed by atoms with Gasteiger partial charge in [0.1, 0.15) is 23.9 Å². The topological polar surface area (TPSA) is 156 Å². The number of rotatable bonds is 12. The molecule has 5 N–H and O–H groups in total. The fourth-order valence-electron chi connectivity index (χ4n) is 4.50. The van der Waals surface area contributed by atoms with Gasteiger partial charge >= 0.3 is 0 Å². The maximum Gasteiger partial charge on any atom is 0.231 e. The van der Waals surface area contributed by atoms with E-state index in [0.717, 1.165) is 19.6 Å². The van der Waals surface area contributed by atoms with Gasteiger partial charge in [-0.05, 0) is 24.3 Å². The van der Waals surface area contributed by atoms with E-state index in [-0.39, 0.29) is 18.3 Å². The second-order valence-electron chi connectivity index (χ2n) is 9.51.